The Kier molecular flexibility index (Phi) is 11.9. The number of carboxylic acids is 2. The van der Waals surface area contributed by atoms with Gasteiger partial charge < -0.3 is 35.8 Å². The number of hydrogen-bond acceptors (Lipinski definition) is 8. The predicted molar refractivity (Wildman–Crippen MR) is 164 cm³/mol. The Morgan fingerprint density at radius 1 is 0.938 bits per heavy atom. The molecule has 0 spiro atoms. The van der Waals surface area contributed by atoms with Gasteiger partial charge >= 0.3 is 29.9 Å². The van der Waals surface area contributed by atoms with E-state index in [2.05, 4.69) is 10.6 Å². The number of alkyl halides is 2. The SMILES string of the molecule is CC(C)(C)OC(=O)NC(CC(=O)O)C(=O)N1CCC[C@H]1C(=O)NC(Cc1ccccc1)C(=O)C(F)(F)C(=O)Nc1cccc(C(=O)O)c1. The summed E-state index contributed by atoms with van der Waals surface area (Å²) in [5, 5.41) is 24.8. The number of carboxylic acid groups (broad SMARTS) is 2. The van der Waals surface area contributed by atoms with Gasteiger partial charge in [-0.05, 0) is 57.4 Å². The highest BCUT2D eigenvalue weighted by Gasteiger charge is 2.51. The monoisotopic (exact) mass is 674 g/mol. The molecular formula is C32H36F2N4O10. The predicted octanol–water partition coefficient (Wildman–Crippen LogP) is 2.61. The maximum Gasteiger partial charge on any atom is 0.408 e. The summed E-state index contributed by atoms with van der Waals surface area (Å²) >= 11 is 0. The van der Waals surface area contributed by atoms with Crippen molar-refractivity contribution < 1.29 is 57.3 Å². The lowest BCUT2D eigenvalue weighted by molar-refractivity contribution is -0.157. The second kappa shape index (κ2) is 15.5. The average molecular weight is 675 g/mol. The highest BCUT2D eigenvalue weighted by atomic mass is 19.3. The molecule has 1 aliphatic heterocycles. The van der Waals surface area contributed by atoms with E-state index < -0.39 is 84.0 Å². The first-order valence-electron chi connectivity index (χ1n) is 14.8. The Balaban J connectivity index is 1.84. The van der Waals surface area contributed by atoms with Crippen LogP contribution in [0.5, 0.6) is 0 Å². The standard InChI is InChI=1S/C32H36F2N4O10/c1-31(2,3)48-30(47)37-22(17-24(39)40)27(43)38-14-8-13-23(38)26(42)36-21(15-18-9-5-4-6-10-18)25(41)32(33,34)29(46)35-20-12-7-11-19(16-20)28(44)45/h4-7,9-12,16,21-23H,8,13-15,17H2,1-3H3,(H,35,46)(H,36,42)(H,37,47)(H,39,40)(H,44,45)/t21?,22?,23-/m0/s1. The Labute approximate surface area is 273 Å². The smallest absolute Gasteiger partial charge is 0.408 e. The van der Waals surface area contributed by atoms with E-state index in [-0.39, 0.29) is 30.6 Å². The lowest BCUT2D eigenvalue weighted by Crippen LogP contribution is -2.58. The molecule has 2 unspecified atom stereocenters. The maximum atomic E-state index is 15.4. The topological polar surface area (TPSA) is 209 Å². The molecule has 3 atom stereocenters. The minimum atomic E-state index is -4.71. The van der Waals surface area contributed by atoms with Crippen LogP contribution in [-0.2, 0) is 35.1 Å². The third kappa shape index (κ3) is 10.0. The first-order chi connectivity index (χ1) is 22.4. The van der Waals surface area contributed by atoms with E-state index in [1.165, 1.54) is 24.3 Å². The average Bonchev–Trinajstić information content (AvgIpc) is 3.49. The molecule has 0 bridgehead atoms. The molecule has 4 amide bonds. The van der Waals surface area contributed by atoms with Crippen LogP contribution in [0, 0.1) is 0 Å². The minimum absolute atomic E-state index is 0.0207. The van der Waals surface area contributed by atoms with Gasteiger partial charge in [0.15, 0.2) is 0 Å². The number of nitrogens with one attached hydrogen (secondary N) is 3. The van der Waals surface area contributed by atoms with Crippen LogP contribution in [0.1, 0.15) is 56.0 Å². The number of likely N-dealkylation sites (tertiary alicyclic amines) is 1. The summed E-state index contributed by atoms with van der Waals surface area (Å²) in [6, 6.07) is 7.27. The summed E-state index contributed by atoms with van der Waals surface area (Å²) in [5.41, 5.74) is -1.24. The van der Waals surface area contributed by atoms with Crippen molar-refractivity contribution in [1.29, 1.82) is 0 Å². The van der Waals surface area contributed by atoms with Crippen LogP contribution in [0.25, 0.3) is 0 Å². The number of rotatable bonds is 13. The van der Waals surface area contributed by atoms with E-state index in [4.69, 9.17) is 9.84 Å². The zero-order valence-corrected chi connectivity index (χ0v) is 26.3. The van der Waals surface area contributed by atoms with Crippen molar-refractivity contribution in [2.45, 2.75) is 76.1 Å². The van der Waals surface area contributed by atoms with Crippen molar-refractivity contribution in [3.8, 4) is 0 Å². The van der Waals surface area contributed by atoms with Crippen LogP contribution >= 0.6 is 0 Å². The number of ether oxygens (including phenoxy) is 1. The third-order valence-corrected chi connectivity index (χ3v) is 7.08. The largest absolute Gasteiger partial charge is 0.481 e. The van der Waals surface area contributed by atoms with E-state index in [9.17, 15) is 38.7 Å². The zero-order chi connectivity index (χ0) is 35.8. The van der Waals surface area contributed by atoms with Gasteiger partial charge in [-0.25, -0.2) is 9.59 Å². The number of anilines is 1. The number of nitrogens with zero attached hydrogens (tertiary/aromatic N) is 1. The molecule has 14 nitrogen and oxygen atoms in total. The molecule has 16 heteroatoms. The second-order valence-electron chi connectivity index (χ2n) is 12.0. The third-order valence-electron chi connectivity index (χ3n) is 7.08. The molecule has 0 saturated carbocycles. The summed E-state index contributed by atoms with van der Waals surface area (Å²) in [4.78, 5) is 89.0. The van der Waals surface area contributed by atoms with Crippen LogP contribution < -0.4 is 16.0 Å². The van der Waals surface area contributed by atoms with Gasteiger partial charge in [-0.1, -0.05) is 36.4 Å². The molecule has 5 N–H and O–H groups in total. The normalized spacial score (nSPS) is 15.9. The highest BCUT2D eigenvalue weighted by Crippen LogP contribution is 2.24. The van der Waals surface area contributed by atoms with Crippen LogP contribution in [0.3, 0.4) is 0 Å². The molecule has 2 aromatic rings. The first-order valence-corrected chi connectivity index (χ1v) is 14.8. The summed E-state index contributed by atoms with van der Waals surface area (Å²) < 4.78 is 35.9. The van der Waals surface area contributed by atoms with Crippen molar-refractivity contribution in [3.63, 3.8) is 0 Å². The van der Waals surface area contributed by atoms with Crippen molar-refractivity contribution in [2.75, 3.05) is 11.9 Å². The molecule has 0 radical (unpaired) electrons. The molecule has 1 saturated heterocycles. The highest BCUT2D eigenvalue weighted by molar-refractivity contribution is 6.15. The molecule has 3 rings (SSSR count). The summed E-state index contributed by atoms with van der Waals surface area (Å²) in [6.45, 7) is 4.62. The fraction of sp³-hybridized carbons (Fsp3) is 0.406. The Morgan fingerprint density at radius 3 is 2.21 bits per heavy atom. The molecule has 48 heavy (non-hydrogen) atoms. The maximum absolute atomic E-state index is 15.4. The number of benzene rings is 2. The van der Waals surface area contributed by atoms with Crippen LogP contribution in [-0.4, -0.2) is 92.8 Å². The number of aliphatic carboxylic acids is 1. The summed E-state index contributed by atoms with van der Waals surface area (Å²) in [7, 11) is 0. The Hall–Kier alpha value is -5.41. The van der Waals surface area contributed by atoms with E-state index in [1.807, 2.05) is 5.32 Å². The van der Waals surface area contributed by atoms with E-state index >= 15 is 8.78 Å². The molecular weight excluding hydrogens is 638 g/mol. The van der Waals surface area contributed by atoms with Crippen molar-refractivity contribution in [3.05, 3.63) is 65.7 Å². The van der Waals surface area contributed by atoms with Gasteiger partial charge in [0, 0.05) is 18.7 Å². The van der Waals surface area contributed by atoms with Gasteiger partial charge in [0.1, 0.15) is 17.7 Å². The van der Waals surface area contributed by atoms with Crippen molar-refractivity contribution >= 4 is 47.2 Å². The number of carbonyl (C=O) groups excluding carboxylic acids is 5. The van der Waals surface area contributed by atoms with Crippen molar-refractivity contribution in [1.82, 2.24) is 15.5 Å². The van der Waals surface area contributed by atoms with Gasteiger partial charge in [-0.15, -0.1) is 0 Å². The Bertz CT molecular complexity index is 1560. The zero-order valence-electron chi connectivity index (χ0n) is 26.3. The van der Waals surface area contributed by atoms with Gasteiger partial charge in [0.2, 0.25) is 17.6 Å². The van der Waals surface area contributed by atoms with Crippen molar-refractivity contribution in [2.24, 2.45) is 0 Å². The van der Waals surface area contributed by atoms with Gasteiger partial charge in [0.05, 0.1) is 18.0 Å². The lowest BCUT2D eigenvalue weighted by atomic mass is 9.97. The van der Waals surface area contributed by atoms with Crippen LogP contribution in [0.2, 0.25) is 0 Å². The summed E-state index contributed by atoms with van der Waals surface area (Å²) in [6.07, 6.45) is -2.13. The number of hydrogen-bond donors (Lipinski definition) is 5. The number of aromatic carboxylic acids is 1. The van der Waals surface area contributed by atoms with Crippen LogP contribution in [0.15, 0.2) is 54.6 Å². The molecule has 0 aliphatic carbocycles. The van der Waals surface area contributed by atoms with E-state index in [1.54, 1.807) is 39.0 Å². The van der Waals surface area contributed by atoms with Crippen LogP contribution in [0.4, 0.5) is 19.3 Å². The summed E-state index contributed by atoms with van der Waals surface area (Å²) in [5.74, 6) is -13.5. The fourth-order valence-electron chi connectivity index (χ4n) is 4.93. The van der Waals surface area contributed by atoms with Gasteiger partial charge in [-0.2, -0.15) is 8.78 Å². The number of halogens is 2. The number of alkyl carbamates (subject to hydrolysis) is 1. The quantitative estimate of drug-likeness (QED) is 0.196. The molecule has 258 valence electrons. The second-order valence-corrected chi connectivity index (χ2v) is 12.0. The number of Topliss-reactive ketones (excluding diaryl/α,β-unsaturated/α-hetero) is 1. The number of ketones is 1. The Morgan fingerprint density at radius 2 is 1.60 bits per heavy atom. The number of carbonyl (C=O) groups is 7. The minimum Gasteiger partial charge on any atom is -0.481 e. The molecule has 0 aromatic heterocycles. The molecule has 1 aliphatic rings. The molecule has 2 aromatic carbocycles. The molecule has 1 heterocycles. The van der Waals surface area contributed by atoms with Gasteiger partial charge in [-0.3, -0.25) is 24.0 Å². The number of amides is 4. The van der Waals surface area contributed by atoms with E-state index in [0.29, 0.717) is 5.56 Å². The van der Waals surface area contributed by atoms with Gasteiger partial charge in [0.25, 0.3) is 0 Å². The lowest BCUT2D eigenvalue weighted by Gasteiger charge is -2.30. The fourth-order valence-corrected chi connectivity index (χ4v) is 4.93. The molecule has 1 fully saturated rings. The first kappa shape index (κ1) is 37.1. The van der Waals surface area contributed by atoms with E-state index in [0.717, 1.165) is 17.0 Å².